The first kappa shape index (κ1) is 16.1. The summed E-state index contributed by atoms with van der Waals surface area (Å²) < 4.78 is 15.9. The number of halogens is 1. The zero-order valence-corrected chi connectivity index (χ0v) is 11.0. The molecule has 0 aliphatic heterocycles. The van der Waals surface area contributed by atoms with Crippen LogP contribution in [-0.4, -0.2) is 12.8 Å². The molecule has 0 atom stereocenters. The first-order valence-electron chi connectivity index (χ1n) is 6.63. The van der Waals surface area contributed by atoms with E-state index in [1.807, 2.05) is 0 Å². The fraction of sp³-hybridized carbons (Fsp3) is 0.786. The molecule has 0 aromatic heterocycles. The molecule has 0 N–H and O–H groups in total. The molecule has 0 aromatic carbocycles. The van der Waals surface area contributed by atoms with Gasteiger partial charge in [-0.05, 0) is 12.8 Å². The molecule has 100 valence electrons. The van der Waals surface area contributed by atoms with E-state index < -0.39 is 12.8 Å². The fourth-order valence-corrected chi connectivity index (χ4v) is 1.73. The lowest BCUT2D eigenvalue weighted by Crippen LogP contribution is -2.05. The highest BCUT2D eigenvalue weighted by Gasteiger charge is 2.07. The van der Waals surface area contributed by atoms with Crippen molar-refractivity contribution in [3.05, 3.63) is 12.2 Å². The number of carbonyl (C=O) groups excluding carboxylic acids is 1. The maximum absolute atomic E-state index is 11.7. The van der Waals surface area contributed by atoms with Gasteiger partial charge in [0, 0.05) is 5.57 Å². The van der Waals surface area contributed by atoms with Crippen LogP contribution in [-0.2, 0) is 9.53 Å². The van der Waals surface area contributed by atoms with E-state index in [4.69, 9.17) is 0 Å². The van der Waals surface area contributed by atoms with Crippen LogP contribution in [0.2, 0.25) is 0 Å². The molecule has 0 rings (SSSR count). The van der Waals surface area contributed by atoms with Crippen LogP contribution in [0.25, 0.3) is 0 Å². The number of unbranched alkanes of at least 4 members (excludes halogenated alkanes) is 7. The van der Waals surface area contributed by atoms with Crippen molar-refractivity contribution in [2.24, 2.45) is 0 Å². The van der Waals surface area contributed by atoms with Gasteiger partial charge in [0.05, 0.1) is 0 Å². The molecule has 3 heteroatoms. The predicted molar refractivity (Wildman–Crippen MR) is 68.4 cm³/mol. The average molecular weight is 244 g/mol. The number of hydrogen-bond donors (Lipinski definition) is 0. The molecule has 17 heavy (non-hydrogen) atoms. The second-order valence-corrected chi connectivity index (χ2v) is 4.37. The number of hydrogen-bond acceptors (Lipinski definition) is 2. The topological polar surface area (TPSA) is 26.3 Å². The standard InChI is InChI=1S/C14H25FO2/c1-3-4-5-6-7-8-9-10-11-13(2)14(16)17-12-15/h2-12H2,1H3. The Bertz CT molecular complexity index is 214. The number of ether oxygens (including phenoxy) is 1. The molecule has 0 saturated heterocycles. The van der Waals surface area contributed by atoms with Crippen LogP contribution >= 0.6 is 0 Å². The van der Waals surface area contributed by atoms with Crippen LogP contribution in [0.4, 0.5) is 4.39 Å². The van der Waals surface area contributed by atoms with Crippen molar-refractivity contribution in [1.82, 2.24) is 0 Å². The van der Waals surface area contributed by atoms with Crippen LogP contribution in [0.15, 0.2) is 12.2 Å². The van der Waals surface area contributed by atoms with Crippen molar-refractivity contribution in [1.29, 1.82) is 0 Å². The largest absolute Gasteiger partial charge is 0.430 e. The van der Waals surface area contributed by atoms with Crippen molar-refractivity contribution in [2.75, 3.05) is 6.86 Å². The Hall–Kier alpha value is -0.860. The molecule has 2 nitrogen and oxygen atoms in total. The molecule has 0 aliphatic carbocycles. The van der Waals surface area contributed by atoms with Crippen molar-refractivity contribution in [3.8, 4) is 0 Å². The molecular weight excluding hydrogens is 219 g/mol. The Morgan fingerprint density at radius 1 is 1.06 bits per heavy atom. The lowest BCUT2D eigenvalue weighted by molar-refractivity contribution is -0.143. The Morgan fingerprint density at radius 2 is 1.59 bits per heavy atom. The zero-order valence-electron chi connectivity index (χ0n) is 11.0. The Kier molecular flexibility index (Phi) is 11.0. The fourth-order valence-electron chi connectivity index (χ4n) is 1.73. The van der Waals surface area contributed by atoms with Crippen LogP contribution in [0.1, 0.15) is 64.7 Å². The predicted octanol–water partition coefficient (Wildman–Crippen LogP) is 4.54. The van der Waals surface area contributed by atoms with Gasteiger partial charge >= 0.3 is 5.97 Å². The molecule has 0 aliphatic rings. The first-order chi connectivity index (χ1) is 8.22. The van der Waals surface area contributed by atoms with E-state index in [1.54, 1.807) is 0 Å². The molecule has 0 amide bonds. The van der Waals surface area contributed by atoms with E-state index >= 15 is 0 Å². The summed E-state index contributed by atoms with van der Waals surface area (Å²) in [4.78, 5) is 11.0. The van der Waals surface area contributed by atoms with E-state index in [2.05, 4.69) is 18.2 Å². The van der Waals surface area contributed by atoms with Gasteiger partial charge in [0.2, 0.25) is 6.86 Å². The van der Waals surface area contributed by atoms with E-state index in [9.17, 15) is 9.18 Å². The Balaban J connectivity index is 3.27. The molecule has 0 radical (unpaired) electrons. The van der Waals surface area contributed by atoms with Crippen LogP contribution in [0.5, 0.6) is 0 Å². The van der Waals surface area contributed by atoms with E-state index in [1.165, 1.54) is 38.5 Å². The van der Waals surface area contributed by atoms with Crippen LogP contribution in [0.3, 0.4) is 0 Å². The third-order valence-corrected chi connectivity index (χ3v) is 2.81. The smallest absolute Gasteiger partial charge is 0.335 e. The van der Waals surface area contributed by atoms with Gasteiger partial charge < -0.3 is 4.74 Å². The summed E-state index contributed by atoms with van der Waals surface area (Å²) in [5.74, 6) is -0.601. The van der Waals surface area contributed by atoms with Gasteiger partial charge in [-0.1, -0.05) is 58.4 Å². The monoisotopic (exact) mass is 244 g/mol. The lowest BCUT2D eigenvalue weighted by Gasteiger charge is -2.04. The lowest BCUT2D eigenvalue weighted by atomic mass is 10.1. The normalized spacial score (nSPS) is 10.2. The minimum atomic E-state index is -1.06. The summed E-state index contributed by atoms with van der Waals surface area (Å²) in [5, 5.41) is 0. The minimum absolute atomic E-state index is 0.383. The summed E-state index contributed by atoms with van der Waals surface area (Å²) in [7, 11) is 0. The number of carbonyl (C=O) groups is 1. The summed E-state index contributed by atoms with van der Waals surface area (Å²) in [5.41, 5.74) is 0.383. The Morgan fingerprint density at radius 3 is 2.12 bits per heavy atom. The average Bonchev–Trinajstić information content (AvgIpc) is 2.32. The van der Waals surface area contributed by atoms with Gasteiger partial charge in [0.1, 0.15) is 0 Å². The maximum Gasteiger partial charge on any atom is 0.335 e. The number of esters is 1. The minimum Gasteiger partial charge on any atom is -0.430 e. The molecule has 0 aromatic rings. The highest BCUT2D eigenvalue weighted by Crippen LogP contribution is 2.12. The van der Waals surface area contributed by atoms with Gasteiger partial charge in [0.15, 0.2) is 0 Å². The second kappa shape index (κ2) is 11.6. The molecule has 0 bridgehead atoms. The molecule has 0 fully saturated rings. The molecule has 0 heterocycles. The zero-order chi connectivity index (χ0) is 12.9. The van der Waals surface area contributed by atoms with E-state index in [-0.39, 0.29) is 0 Å². The number of rotatable bonds is 11. The van der Waals surface area contributed by atoms with Gasteiger partial charge in [-0.2, -0.15) is 0 Å². The molecule has 0 unspecified atom stereocenters. The SMILES string of the molecule is C=C(CCCCCCCCCC)C(=O)OCF. The summed E-state index contributed by atoms with van der Waals surface area (Å²) >= 11 is 0. The highest BCUT2D eigenvalue weighted by molar-refractivity contribution is 5.87. The summed E-state index contributed by atoms with van der Waals surface area (Å²) in [6.45, 7) is 4.74. The summed E-state index contributed by atoms with van der Waals surface area (Å²) in [6, 6.07) is 0. The van der Waals surface area contributed by atoms with E-state index in [0.717, 1.165) is 12.8 Å². The van der Waals surface area contributed by atoms with Crippen molar-refractivity contribution in [3.63, 3.8) is 0 Å². The van der Waals surface area contributed by atoms with Crippen molar-refractivity contribution >= 4 is 5.97 Å². The molecule has 0 saturated carbocycles. The second-order valence-electron chi connectivity index (χ2n) is 4.37. The highest BCUT2D eigenvalue weighted by atomic mass is 19.1. The van der Waals surface area contributed by atoms with Gasteiger partial charge in [-0.3, -0.25) is 0 Å². The van der Waals surface area contributed by atoms with E-state index in [0.29, 0.717) is 12.0 Å². The van der Waals surface area contributed by atoms with Gasteiger partial charge in [-0.25, -0.2) is 9.18 Å². The van der Waals surface area contributed by atoms with Crippen molar-refractivity contribution in [2.45, 2.75) is 64.7 Å². The maximum atomic E-state index is 11.7. The summed E-state index contributed by atoms with van der Waals surface area (Å²) in [6.07, 6.45) is 10.4. The van der Waals surface area contributed by atoms with Gasteiger partial charge in [0.25, 0.3) is 0 Å². The molecule has 0 spiro atoms. The van der Waals surface area contributed by atoms with Crippen molar-refractivity contribution < 1.29 is 13.9 Å². The quantitative estimate of drug-likeness (QED) is 0.303. The number of alkyl halides is 1. The third kappa shape index (κ3) is 10.0. The van der Waals surface area contributed by atoms with Gasteiger partial charge in [-0.15, -0.1) is 0 Å². The first-order valence-corrected chi connectivity index (χ1v) is 6.63. The van der Waals surface area contributed by atoms with Crippen LogP contribution in [0, 0.1) is 0 Å². The molecular formula is C14H25FO2. The Labute approximate surface area is 104 Å². The third-order valence-electron chi connectivity index (χ3n) is 2.81. The van der Waals surface area contributed by atoms with Crippen LogP contribution < -0.4 is 0 Å².